The van der Waals surface area contributed by atoms with E-state index in [1.165, 1.54) is 24.0 Å². The SMILES string of the molecule is CCCNC(c1ccc(C)cc1)C(C)SC(C)CC. The summed E-state index contributed by atoms with van der Waals surface area (Å²) in [6.07, 6.45) is 2.42. The molecule has 0 aliphatic carbocycles. The van der Waals surface area contributed by atoms with E-state index in [-0.39, 0.29) is 0 Å². The fraction of sp³-hybridized carbons (Fsp3) is 0.647. The summed E-state index contributed by atoms with van der Waals surface area (Å²) in [5, 5.41) is 5.04. The van der Waals surface area contributed by atoms with E-state index < -0.39 is 0 Å². The average Bonchev–Trinajstić information content (AvgIpc) is 2.41. The van der Waals surface area contributed by atoms with E-state index in [0.717, 1.165) is 11.8 Å². The highest BCUT2D eigenvalue weighted by atomic mass is 32.2. The minimum Gasteiger partial charge on any atom is -0.309 e. The van der Waals surface area contributed by atoms with Crippen LogP contribution in [0.1, 0.15) is 57.7 Å². The molecule has 0 bridgehead atoms. The maximum atomic E-state index is 3.71. The first-order chi connectivity index (χ1) is 9.08. The minimum absolute atomic E-state index is 0.458. The van der Waals surface area contributed by atoms with Crippen molar-refractivity contribution in [2.45, 2.75) is 64.0 Å². The van der Waals surface area contributed by atoms with Crippen molar-refractivity contribution in [3.8, 4) is 0 Å². The van der Waals surface area contributed by atoms with Gasteiger partial charge >= 0.3 is 0 Å². The Labute approximate surface area is 123 Å². The van der Waals surface area contributed by atoms with Crippen LogP contribution in [0.15, 0.2) is 24.3 Å². The number of benzene rings is 1. The van der Waals surface area contributed by atoms with Gasteiger partial charge in [-0.2, -0.15) is 11.8 Å². The first-order valence-electron chi connectivity index (χ1n) is 7.53. The summed E-state index contributed by atoms with van der Waals surface area (Å²) in [5.74, 6) is 0. The summed E-state index contributed by atoms with van der Waals surface area (Å²) in [7, 11) is 0. The van der Waals surface area contributed by atoms with Crippen molar-refractivity contribution in [3.05, 3.63) is 35.4 Å². The van der Waals surface area contributed by atoms with Crippen LogP contribution in [0.3, 0.4) is 0 Å². The van der Waals surface area contributed by atoms with Crippen molar-refractivity contribution in [2.75, 3.05) is 6.54 Å². The van der Waals surface area contributed by atoms with Gasteiger partial charge in [-0.1, -0.05) is 57.5 Å². The zero-order chi connectivity index (χ0) is 14.3. The molecule has 0 spiro atoms. The van der Waals surface area contributed by atoms with Gasteiger partial charge in [0.25, 0.3) is 0 Å². The van der Waals surface area contributed by atoms with E-state index in [1.807, 2.05) is 0 Å². The standard InChI is InChI=1S/C17H29NS/c1-6-12-18-17(15(5)19-14(4)7-2)16-10-8-13(3)9-11-16/h8-11,14-15,17-18H,6-7,12H2,1-5H3. The summed E-state index contributed by atoms with van der Waals surface area (Å²) in [6.45, 7) is 12.4. The summed E-state index contributed by atoms with van der Waals surface area (Å²) >= 11 is 2.09. The Balaban J connectivity index is 2.78. The molecule has 0 aliphatic rings. The molecule has 0 aliphatic heterocycles. The van der Waals surface area contributed by atoms with Crippen molar-refractivity contribution in [1.82, 2.24) is 5.32 Å². The lowest BCUT2D eigenvalue weighted by atomic mass is 10.0. The third kappa shape index (κ3) is 5.58. The van der Waals surface area contributed by atoms with E-state index in [4.69, 9.17) is 0 Å². The third-order valence-corrected chi connectivity index (χ3v) is 5.04. The molecule has 1 aromatic rings. The lowest BCUT2D eigenvalue weighted by Gasteiger charge is -2.27. The molecular weight excluding hydrogens is 250 g/mol. The number of hydrogen-bond donors (Lipinski definition) is 1. The summed E-state index contributed by atoms with van der Waals surface area (Å²) in [4.78, 5) is 0. The molecule has 1 aromatic carbocycles. The maximum Gasteiger partial charge on any atom is 0.0438 e. The van der Waals surface area contributed by atoms with Gasteiger partial charge < -0.3 is 5.32 Å². The van der Waals surface area contributed by atoms with E-state index in [2.05, 4.69) is 76.0 Å². The van der Waals surface area contributed by atoms with Crippen LogP contribution in [0.5, 0.6) is 0 Å². The second kappa shape index (κ2) is 8.65. The van der Waals surface area contributed by atoms with Crippen LogP contribution in [0.25, 0.3) is 0 Å². The van der Waals surface area contributed by atoms with Gasteiger partial charge in [0.1, 0.15) is 0 Å². The highest BCUT2D eigenvalue weighted by molar-refractivity contribution is 8.00. The van der Waals surface area contributed by atoms with Gasteiger partial charge in [0.15, 0.2) is 0 Å². The van der Waals surface area contributed by atoms with Crippen LogP contribution >= 0.6 is 11.8 Å². The molecule has 1 nitrogen and oxygen atoms in total. The molecule has 1 N–H and O–H groups in total. The lowest BCUT2D eigenvalue weighted by Crippen LogP contribution is -2.30. The van der Waals surface area contributed by atoms with E-state index in [0.29, 0.717) is 11.3 Å². The van der Waals surface area contributed by atoms with E-state index >= 15 is 0 Å². The van der Waals surface area contributed by atoms with Crippen molar-refractivity contribution in [1.29, 1.82) is 0 Å². The van der Waals surface area contributed by atoms with Gasteiger partial charge in [-0.15, -0.1) is 0 Å². The Morgan fingerprint density at radius 1 is 1.11 bits per heavy atom. The third-order valence-electron chi connectivity index (χ3n) is 3.54. The minimum atomic E-state index is 0.458. The summed E-state index contributed by atoms with van der Waals surface area (Å²) < 4.78 is 0. The molecule has 1 rings (SSSR count). The number of thioether (sulfide) groups is 1. The zero-order valence-corrected chi connectivity index (χ0v) is 13.9. The maximum absolute atomic E-state index is 3.71. The molecule has 0 fully saturated rings. The van der Waals surface area contributed by atoms with Crippen LogP contribution in [-0.4, -0.2) is 17.0 Å². The summed E-state index contributed by atoms with van der Waals surface area (Å²) in [6, 6.07) is 9.44. The fourth-order valence-corrected chi connectivity index (χ4v) is 3.51. The second-order valence-corrected chi connectivity index (χ2v) is 7.22. The van der Waals surface area contributed by atoms with Gasteiger partial charge in [0.2, 0.25) is 0 Å². The average molecular weight is 279 g/mol. The van der Waals surface area contributed by atoms with Gasteiger partial charge in [-0.25, -0.2) is 0 Å². The summed E-state index contributed by atoms with van der Waals surface area (Å²) in [5.41, 5.74) is 2.75. The van der Waals surface area contributed by atoms with Gasteiger partial charge in [-0.3, -0.25) is 0 Å². The molecule has 0 amide bonds. The van der Waals surface area contributed by atoms with Crippen LogP contribution in [-0.2, 0) is 0 Å². The molecule has 3 unspecified atom stereocenters. The van der Waals surface area contributed by atoms with E-state index in [9.17, 15) is 0 Å². The van der Waals surface area contributed by atoms with Crippen LogP contribution in [0, 0.1) is 6.92 Å². The molecule has 0 saturated carbocycles. The highest BCUT2D eigenvalue weighted by Gasteiger charge is 2.20. The predicted molar refractivity (Wildman–Crippen MR) is 89.0 cm³/mol. The van der Waals surface area contributed by atoms with Crippen LogP contribution in [0.2, 0.25) is 0 Å². The molecule has 19 heavy (non-hydrogen) atoms. The zero-order valence-electron chi connectivity index (χ0n) is 13.1. The van der Waals surface area contributed by atoms with Crippen LogP contribution < -0.4 is 5.32 Å². The Morgan fingerprint density at radius 3 is 2.26 bits per heavy atom. The fourth-order valence-electron chi connectivity index (χ4n) is 2.17. The monoisotopic (exact) mass is 279 g/mol. The van der Waals surface area contributed by atoms with E-state index in [1.54, 1.807) is 0 Å². The Bertz CT molecular complexity index is 347. The Kier molecular flexibility index (Phi) is 7.55. The van der Waals surface area contributed by atoms with Gasteiger partial charge in [-0.05, 0) is 31.9 Å². The Hall–Kier alpha value is -0.470. The number of hydrogen-bond acceptors (Lipinski definition) is 2. The number of rotatable bonds is 8. The van der Waals surface area contributed by atoms with Crippen molar-refractivity contribution in [3.63, 3.8) is 0 Å². The molecule has 2 heteroatoms. The quantitative estimate of drug-likeness (QED) is 0.722. The molecule has 0 aromatic heterocycles. The van der Waals surface area contributed by atoms with Gasteiger partial charge in [0, 0.05) is 16.5 Å². The number of aryl methyl sites for hydroxylation is 1. The molecule has 0 radical (unpaired) electrons. The topological polar surface area (TPSA) is 12.0 Å². The predicted octanol–water partition coefficient (Wildman–Crippen LogP) is 4.96. The molecule has 0 saturated heterocycles. The second-order valence-electron chi connectivity index (χ2n) is 5.40. The smallest absolute Gasteiger partial charge is 0.0438 e. The first kappa shape index (κ1) is 16.6. The Morgan fingerprint density at radius 2 is 1.74 bits per heavy atom. The molecule has 3 atom stereocenters. The molecular formula is C17H29NS. The van der Waals surface area contributed by atoms with Gasteiger partial charge in [0.05, 0.1) is 0 Å². The normalized spacial score (nSPS) is 16.1. The molecule has 108 valence electrons. The first-order valence-corrected chi connectivity index (χ1v) is 8.48. The highest BCUT2D eigenvalue weighted by Crippen LogP contribution is 2.30. The van der Waals surface area contributed by atoms with Crippen molar-refractivity contribution in [2.24, 2.45) is 0 Å². The van der Waals surface area contributed by atoms with Crippen molar-refractivity contribution >= 4 is 11.8 Å². The number of nitrogens with one attached hydrogen (secondary N) is 1. The lowest BCUT2D eigenvalue weighted by molar-refractivity contribution is 0.526. The van der Waals surface area contributed by atoms with Crippen molar-refractivity contribution < 1.29 is 0 Å². The largest absolute Gasteiger partial charge is 0.309 e. The molecule has 0 heterocycles. The van der Waals surface area contributed by atoms with Crippen LogP contribution in [0.4, 0.5) is 0 Å².